The number of nitrogens with one attached hydrogen (secondary N) is 2. The third kappa shape index (κ3) is 3.74. The van der Waals surface area contributed by atoms with Gasteiger partial charge in [-0.2, -0.15) is 36.4 Å². The van der Waals surface area contributed by atoms with Crippen LogP contribution in [0.4, 0.5) is 26.3 Å². The number of benzene rings is 2. The minimum Gasteiger partial charge on any atom is -0.377 e. The maximum atomic E-state index is 13.4. The molecule has 4 fully saturated rings. The predicted molar refractivity (Wildman–Crippen MR) is 117 cm³/mol. The van der Waals surface area contributed by atoms with Crippen molar-refractivity contribution in [2.45, 2.75) is 48.6 Å². The molecule has 196 valence electrons. The van der Waals surface area contributed by atoms with Crippen molar-refractivity contribution in [1.82, 2.24) is 20.9 Å². The summed E-state index contributed by atoms with van der Waals surface area (Å²) >= 11 is 0. The van der Waals surface area contributed by atoms with Crippen molar-refractivity contribution in [3.8, 4) is 0 Å². The van der Waals surface area contributed by atoms with Crippen LogP contribution < -0.4 is 10.9 Å². The van der Waals surface area contributed by atoms with Crippen molar-refractivity contribution in [2.24, 2.45) is 0 Å². The number of hydrazine groups is 2. The van der Waals surface area contributed by atoms with E-state index in [0.717, 1.165) is 0 Å². The number of hydrogen-bond acceptors (Lipinski definition) is 6. The number of ether oxygens (including phenoxy) is 2. The third-order valence-corrected chi connectivity index (χ3v) is 7.05. The van der Waals surface area contributed by atoms with Crippen molar-refractivity contribution < 1.29 is 35.8 Å². The Morgan fingerprint density at radius 1 is 0.611 bits per heavy atom. The van der Waals surface area contributed by atoms with Gasteiger partial charge in [-0.3, -0.25) is 0 Å². The largest absolute Gasteiger partial charge is 0.427 e. The van der Waals surface area contributed by atoms with E-state index in [4.69, 9.17) is 9.47 Å². The lowest BCUT2D eigenvalue weighted by atomic mass is 9.95. The minimum atomic E-state index is -4.37. The molecule has 6 rings (SSSR count). The fourth-order valence-corrected chi connectivity index (χ4v) is 4.86. The second-order valence-corrected chi connectivity index (χ2v) is 10.0. The Morgan fingerprint density at radius 2 is 0.917 bits per heavy atom. The summed E-state index contributed by atoms with van der Waals surface area (Å²) in [5.41, 5.74) is 0.136. The van der Waals surface area contributed by atoms with Crippen molar-refractivity contribution in [2.75, 3.05) is 26.4 Å². The fraction of sp³-hybridized carbons (Fsp3) is 0.500. The van der Waals surface area contributed by atoms with Gasteiger partial charge in [0.15, 0.2) is 0 Å². The summed E-state index contributed by atoms with van der Waals surface area (Å²) in [4.78, 5) is 0. The van der Waals surface area contributed by atoms with Crippen LogP contribution >= 0.6 is 0 Å². The molecule has 0 saturated carbocycles. The average molecular weight is 516 g/mol. The first kappa shape index (κ1) is 25.4. The average Bonchev–Trinajstić information content (AvgIpc) is 3.69. The standard InChI is InChI=1S/2C12H13F3N2O/c2*1-10(7-18-8-10)17-11(16-17,12(13,14)15)9-5-3-2-4-6-9/h2*2-6,16H,7-8H2,1H3/t2*11-,17?/m11/s1. The molecule has 6 nitrogen and oxygen atoms in total. The number of rotatable bonds is 4. The predicted octanol–water partition coefficient (Wildman–Crippen LogP) is 4.02. The lowest BCUT2D eigenvalue weighted by molar-refractivity contribution is -0.196. The molecule has 0 amide bonds. The van der Waals surface area contributed by atoms with E-state index in [1.807, 2.05) is 0 Å². The van der Waals surface area contributed by atoms with E-state index >= 15 is 0 Å². The zero-order valence-electron chi connectivity index (χ0n) is 19.6. The van der Waals surface area contributed by atoms with Gasteiger partial charge in [-0.1, -0.05) is 60.7 Å². The van der Waals surface area contributed by atoms with Crippen LogP contribution in [0.5, 0.6) is 0 Å². The highest BCUT2D eigenvalue weighted by molar-refractivity contribution is 5.33. The maximum absolute atomic E-state index is 13.4. The molecule has 4 aliphatic rings. The molecular weight excluding hydrogens is 490 g/mol. The molecule has 2 aromatic carbocycles. The molecule has 0 spiro atoms. The van der Waals surface area contributed by atoms with Gasteiger partial charge in [0.1, 0.15) is 0 Å². The van der Waals surface area contributed by atoms with E-state index in [9.17, 15) is 26.3 Å². The number of hydrogen-bond donors (Lipinski definition) is 2. The van der Waals surface area contributed by atoms with Crippen LogP contribution in [0.15, 0.2) is 60.7 Å². The van der Waals surface area contributed by atoms with Crippen molar-refractivity contribution >= 4 is 0 Å². The van der Waals surface area contributed by atoms with E-state index in [0.29, 0.717) is 26.4 Å². The molecule has 36 heavy (non-hydrogen) atoms. The summed E-state index contributed by atoms with van der Waals surface area (Å²) in [6.07, 6.45) is -8.74. The van der Waals surface area contributed by atoms with Crippen molar-refractivity contribution in [3.63, 3.8) is 0 Å². The normalized spacial score (nSPS) is 33.9. The van der Waals surface area contributed by atoms with Crippen molar-refractivity contribution in [3.05, 3.63) is 71.8 Å². The lowest BCUT2D eigenvalue weighted by Crippen LogP contribution is -2.56. The summed E-state index contributed by atoms with van der Waals surface area (Å²) in [6, 6.07) is 15.8. The Labute approximate surface area is 204 Å². The van der Waals surface area contributed by atoms with Crippen LogP contribution in [-0.2, 0) is 20.8 Å². The van der Waals surface area contributed by atoms with E-state index < -0.39 is 34.8 Å². The molecule has 4 atom stereocenters. The first-order valence-electron chi connectivity index (χ1n) is 11.4. The molecule has 2 aromatic rings. The van der Waals surface area contributed by atoms with E-state index in [2.05, 4.69) is 10.9 Å². The third-order valence-electron chi connectivity index (χ3n) is 7.05. The van der Waals surface area contributed by atoms with Gasteiger partial charge in [0.05, 0.1) is 37.5 Å². The van der Waals surface area contributed by atoms with Crippen molar-refractivity contribution in [1.29, 1.82) is 0 Å². The van der Waals surface area contributed by atoms with Crippen LogP contribution in [0.3, 0.4) is 0 Å². The van der Waals surface area contributed by atoms with Crippen LogP contribution in [0, 0.1) is 0 Å². The van der Waals surface area contributed by atoms with E-state index in [-0.39, 0.29) is 11.1 Å². The number of alkyl halides is 6. The van der Waals surface area contributed by atoms with E-state index in [1.165, 1.54) is 34.3 Å². The molecule has 4 heterocycles. The SMILES string of the molecule is CC1(N2N[C@@]2(c2ccccc2)C(F)(F)F)COC1.CC1(N2N[C@@]2(c2ccccc2)C(F)(F)F)COC1. The molecule has 0 aromatic heterocycles. The molecule has 12 heteroatoms. The molecule has 0 aliphatic carbocycles. The summed E-state index contributed by atoms with van der Waals surface area (Å²) in [5, 5.41) is 2.53. The first-order chi connectivity index (χ1) is 16.8. The van der Waals surface area contributed by atoms with Gasteiger partial charge in [0.25, 0.3) is 0 Å². The molecule has 2 N–H and O–H groups in total. The fourth-order valence-electron chi connectivity index (χ4n) is 4.86. The van der Waals surface area contributed by atoms with Crippen LogP contribution in [-0.4, -0.2) is 59.9 Å². The number of halogens is 6. The van der Waals surface area contributed by atoms with Gasteiger partial charge in [-0.15, -0.1) is 0 Å². The summed E-state index contributed by atoms with van der Waals surface area (Å²) in [5.74, 6) is 0. The highest BCUT2D eigenvalue weighted by Crippen LogP contribution is 2.55. The highest BCUT2D eigenvalue weighted by atomic mass is 19.4. The summed E-state index contributed by atoms with van der Waals surface area (Å²) in [6.45, 7) is 4.77. The Bertz CT molecular complexity index is 1000. The first-order valence-corrected chi connectivity index (χ1v) is 11.4. The van der Waals surface area contributed by atoms with Gasteiger partial charge in [0.2, 0.25) is 11.3 Å². The smallest absolute Gasteiger partial charge is 0.377 e. The van der Waals surface area contributed by atoms with Gasteiger partial charge in [-0.25, -0.2) is 10.9 Å². The Balaban J connectivity index is 0.000000148. The second-order valence-electron chi connectivity index (χ2n) is 10.0. The molecule has 0 bridgehead atoms. The van der Waals surface area contributed by atoms with Crippen LogP contribution in [0.1, 0.15) is 25.0 Å². The summed E-state index contributed by atoms with van der Waals surface area (Å²) in [7, 11) is 0. The zero-order chi connectivity index (χ0) is 26.0. The van der Waals surface area contributed by atoms with Gasteiger partial charge in [-0.05, 0) is 25.0 Å². The number of nitrogens with zero attached hydrogens (tertiary/aromatic N) is 2. The topological polar surface area (TPSA) is 68.4 Å². The summed E-state index contributed by atoms with van der Waals surface area (Å²) < 4.78 is 90.3. The second kappa shape index (κ2) is 8.14. The Hall–Kier alpha value is -2.22. The molecule has 4 aliphatic heterocycles. The molecular formula is C24H26F6N4O2. The van der Waals surface area contributed by atoms with Gasteiger partial charge in [0, 0.05) is 0 Å². The Morgan fingerprint density at radius 3 is 1.14 bits per heavy atom. The van der Waals surface area contributed by atoms with E-state index in [1.54, 1.807) is 50.2 Å². The monoisotopic (exact) mass is 516 g/mol. The van der Waals surface area contributed by atoms with Crippen LogP contribution in [0.2, 0.25) is 0 Å². The zero-order valence-corrected chi connectivity index (χ0v) is 19.6. The molecule has 2 unspecified atom stereocenters. The lowest BCUT2D eigenvalue weighted by Gasteiger charge is -2.40. The molecule has 0 radical (unpaired) electrons. The van der Waals surface area contributed by atoms with Gasteiger partial charge >= 0.3 is 12.4 Å². The molecule has 4 saturated heterocycles. The quantitative estimate of drug-likeness (QED) is 0.473. The maximum Gasteiger partial charge on any atom is 0.427 e. The highest BCUT2D eigenvalue weighted by Gasteiger charge is 2.77. The minimum absolute atomic E-state index is 0.214. The van der Waals surface area contributed by atoms with Gasteiger partial charge < -0.3 is 9.47 Å². The Kier molecular flexibility index (Phi) is 5.75. The van der Waals surface area contributed by atoms with Crippen LogP contribution in [0.25, 0.3) is 0 Å².